The summed E-state index contributed by atoms with van der Waals surface area (Å²) >= 11 is 12.4. The Balaban J connectivity index is 1.67. The zero-order chi connectivity index (χ0) is 19.8. The molecule has 0 aliphatic heterocycles. The Labute approximate surface area is 175 Å². The number of aromatic nitrogens is 1. The van der Waals surface area contributed by atoms with Crippen LogP contribution in [0.25, 0.3) is 0 Å². The quantitative estimate of drug-likeness (QED) is 0.551. The van der Waals surface area contributed by atoms with Crippen LogP contribution in [0.5, 0.6) is 11.5 Å². The second kappa shape index (κ2) is 10.3. The van der Waals surface area contributed by atoms with Gasteiger partial charge in [0.05, 0.1) is 17.3 Å². The van der Waals surface area contributed by atoms with E-state index in [0.29, 0.717) is 34.8 Å². The third-order valence-electron chi connectivity index (χ3n) is 4.13. The highest BCUT2D eigenvalue weighted by atomic mass is 35.5. The molecule has 1 aromatic heterocycles. The lowest BCUT2D eigenvalue weighted by atomic mass is 10.2. The fourth-order valence-electron chi connectivity index (χ4n) is 2.78. The lowest BCUT2D eigenvalue weighted by Crippen LogP contribution is -2.80. The summed E-state index contributed by atoms with van der Waals surface area (Å²) in [5.74, 6) is 1.22. The summed E-state index contributed by atoms with van der Waals surface area (Å²) in [5, 5.41) is 3.42. The predicted molar refractivity (Wildman–Crippen MR) is 112 cm³/mol. The van der Waals surface area contributed by atoms with Gasteiger partial charge >= 0.3 is 0 Å². The van der Waals surface area contributed by atoms with E-state index in [1.54, 1.807) is 6.20 Å². The number of halogens is 2. The minimum atomic E-state index is 0.391. The minimum Gasteiger partial charge on any atom is -0.490 e. The molecule has 0 aliphatic carbocycles. The Bertz CT molecular complexity index is 887. The van der Waals surface area contributed by atoms with Gasteiger partial charge in [-0.2, -0.15) is 0 Å². The molecule has 6 heteroatoms. The smallest absolute Gasteiger partial charge is 0.180 e. The molecule has 1 heterocycles. The van der Waals surface area contributed by atoms with Crippen LogP contribution in [0.15, 0.2) is 60.8 Å². The van der Waals surface area contributed by atoms with Gasteiger partial charge < -0.3 is 14.8 Å². The van der Waals surface area contributed by atoms with Gasteiger partial charge in [-0.1, -0.05) is 41.4 Å². The molecule has 0 amide bonds. The Morgan fingerprint density at radius 3 is 2.46 bits per heavy atom. The van der Waals surface area contributed by atoms with E-state index in [1.165, 1.54) is 0 Å². The number of nitrogens with two attached hydrogens (primary N) is 1. The Morgan fingerprint density at radius 1 is 0.929 bits per heavy atom. The van der Waals surface area contributed by atoms with Crippen LogP contribution in [0, 0.1) is 0 Å². The summed E-state index contributed by atoms with van der Waals surface area (Å²) in [6.07, 6.45) is 1.81. The van der Waals surface area contributed by atoms with Crippen molar-refractivity contribution in [3.8, 4) is 11.5 Å². The van der Waals surface area contributed by atoms with Crippen LogP contribution in [0.4, 0.5) is 0 Å². The summed E-state index contributed by atoms with van der Waals surface area (Å²) in [6, 6.07) is 17.4. The first-order valence-electron chi connectivity index (χ1n) is 9.19. The molecule has 0 bridgehead atoms. The van der Waals surface area contributed by atoms with Crippen molar-refractivity contribution >= 4 is 23.2 Å². The van der Waals surface area contributed by atoms with Crippen molar-refractivity contribution in [2.24, 2.45) is 0 Å². The Morgan fingerprint density at radius 2 is 1.75 bits per heavy atom. The molecule has 3 rings (SSSR count). The molecular formula is C22H23Cl2N2O2+. The van der Waals surface area contributed by atoms with Crippen LogP contribution in [-0.2, 0) is 19.7 Å². The molecule has 28 heavy (non-hydrogen) atoms. The normalized spacial score (nSPS) is 10.7. The third-order valence-corrected chi connectivity index (χ3v) is 4.66. The lowest BCUT2D eigenvalue weighted by molar-refractivity contribution is -0.686. The standard InChI is InChI=1S/C22H22Cl2N2O2/c1-2-27-21-12-17(13-25-14-19-5-3-4-10-26-19)11-20(24)22(21)28-15-16-6-8-18(23)9-7-16/h3-12,25H,2,13-15H2,1H3/p+1. The number of pyridine rings is 1. The number of ether oxygens (including phenoxy) is 2. The van der Waals surface area contributed by atoms with E-state index < -0.39 is 0 Å². The maximum atomic E-state index is 6.51. The molecule has 0 aliphatic rings. The van der Waals surface area contributed by atoms with Crippen molar-refractivity contribution in [2.45, 2.75) is 26.6 Å². The zero-order valence-corrected chi connectivity index (χ0v) is 17.2. The van der Waals surface area contributed by atoms with Crippen molar-refractivity contribution in [3.05, 3.63) is 87.7 Å². The van der Waals surface area contributed by atoms with E-state index in [0.717, 1.165) is 29.9 Å². The highest BCUT2D eigenvalue weighted by Gasteiger charge is 2.14. The molecule has 0 atom stereocenters. The van der Waals surface area contributed by atoms with Crippen LogP contribution in [0.1, 0.15) is 23.7 Å². The molecule has 4 nitrogen and oxygen atoms in total. The monoisotopic (exact) mass is 417 g/mol. The van der Waals surface area contributed by atoms with Gasteiger partial charge in [-0.3, -0.25) is 4.98 Å². The van der Waals surface area contributed by atoms with Gasteiger partial charge in [-0.05, 0) is 48.9 Å². The van der Waals surface area contributed by atoms with Gasteiger partial charge in [0.1, 0.15) is 19.7 Å². The molecule has 0 fully saturated rings. The highest BCUT2D eigenvalue weighted by molar-refractivity contribution is 6.32. The van der Waals surface area contributed by atoms with Crippen molar-refractivity contribution in [1.82, 2.24) is 4.98 Å². The van der Waals surface area contributed by atoms with Crippen LogP contribution in [-0.4, -0.2) is 11.6 Å². The van der Waals surface area contributed by atoms with Gasteiger partial charge in [0.25, 0.3) is 0 Å². The second-order valence-electron chi connectivity index (χ2n) is 6.27. The molecule has 0 saturated carbocycles. The van der Waals surface area contributed by atoms with Gasteiger partial charge in [-0.15, -0.1) is 0 Å². The van der Waals surface area contributed by atoms with Gasteiger partial charge in [0, 0.05) is 16.8 Å². The largest absolute Gasteiger partial charge is 0.490 e. The van der Waals surface area contributed by atoms with Crippen LogP contribution >= 0.6 is 23.2 Å². The predicted octanol–water partition coefficient (Wildman–Crippen LogP) is 4.63. The van der Waals surface area contributed by atoms with Gasteiger partial charge in [0.15, 0.2) is 11.5 Å². The van der Waals surface area contributed by atoms with E-state index in [9.17, 15) is 0 Å². The Kier molecular flexibility index (Phi) is 7.54. The number of benzene rings is 2. The van der Waals surface area contributed by atoms with Crippen molar-refractivity contribution in [2.75, 3.05) is 6.61 Å². The average molecular weight is 418 g/mol. The van der Waals surface area contributed by atoms with Crippen molar-refractivity contribution in [3.63, 3.8) is 0 Å². The number of nitrogens with zero attached hydrogens (tertiary/aromatic N) is 1. The Hall–Kier alpha value is -2.27. The number of hydrogen-bond acceptors (Lipinski definition) is 3. The van der Waals surface area contributed by atoms with Gasteiger partial charge in [0.2, 0.25) is 0 Å². The fraction of sp³-hybridized carbons (Fsp3) is 0.227. The van der Waals surface area contributed by atoms with Crippen molar-refractivity contribution in [1.29, 1.82) is 0 Å². The van der Waals surface area contributed by atoms with E-state index in [4.69, 9.17) is 32.7 Å². The average Bonchev–Trinajstić information content (AvgIpc) is 2.70. The maximum absolute atomic E-state index is 6.51. The summed E-state index contributed by atoms with van der Waals surface area (Å²) in [6.45, 7) is 4.44. The summed E-state index contributed by atoms with van der Waals surface area (Å²) in [5.41, 5.74) is 3.13. The third kappa shape index (κ3) is 5.86. The van der Waals surface area contributed by atoms with E-state index >= 15 is 0 Å². The molecule has 2 aromatic carbocycles. The molecule has 0 radical (unpaired) electrons. The summed E-state index contributed by atoms with van der Waals surface area (Å²) in [4.78, 5) is 4.34. The maximum Gasteiger partial charge on any atom is 0.180 e. The van der Waals surface area contributed by atoms with Gasteiger partial charge in [-0.25, -0.2) is 0 Å². The first-order valence-corrected chi connectivity index (χ1v) is 9.95. The lowest BCUT2D eigenvalue weighted by Gasteiger charge is -2.15. The summed E-state index contributed by atoms with van der Waals surface area (Å²) < 4.78 is 11.7. The molecular weight excluding hydrogens is 395 g/mol. The molecule has 2 N–H and O–H groups in total. The first-order chi connectivity index (χ1) is 13.7. The number of hydrogen-bond donors (Lipinski definition) is 1. The molecule has 0 unspecified atom stereocenters. The molecule has 3 aromatic rings. The zero-order valence-electron chi connectivity index (χ0n) is 15.7. The van der Waals surface area contributed by atoms with Crippen molar-refractivity contribution < 1.29 is 14.8 Å². The highest BCUT2D eigenvalue weighted by Crippen LogP contribution is 2.37. The first kappa shape index (κ1) is 20.5. The van der Waals surface area contributed by atoms with E-state index in [2.05, 4.69) is 10.3 Å². The molecule has 146 valence electrons. The second-order valence-corrected chi connectivity index (χ2v) is 7.11. The molecule has 0 saturated heterocycles. The summed E-state index contributed by atoms with van der Waals surface area (Å²) in [7, 11) is 0. The SMILES string of the molecule is CCOc1cc(C[NH2+]Cc2ccccn2)cc(Cl)c1OCc1ccc(Cl)cc1. The topological polar surface area (TPSA) is 48.0 Å². The fourth-order valence-corrected chi connectivity index (χ4v) is 3.20. The molecule has 0 spiro atoms. The minimum absolute atomic E-state index is 0.391. The number of quaternary nitrogens is 1. The van der Waals surface area contributed by atoms with Crippen LogP contribution in [0.3, 0.4) is 0 Å². The van der Waals surface area contributed by atoms with E-state index in [-0.39, 0.29) is 0 Å². The van der Waals surface area contributed by atoms with Crippen LogP contribution < -0.4 is 14.8 Å². The van der Waals surface area contributed by atoms with Crippen LogP contribution in [0.2, 0.25) is 10.0 Å². The van der Waals surface area contributed by atoms with E-state index in [1.807, 2.05) is 61.5 Å². The number of rotatable bonds is 9.